The molecule has 3 heteroatoms. The van der Waals surface area contributed by atoms with Gasteiger partial charge in [0.25, 0.3) is 0 Å². The summed E-state index contributed by atoms with van der Waals surface area (Å²) in [5.41, 5.74) is 8.59. The molecule has 112 valence electrons. The van der Waals surface area contributed by atoms with Crippen LogP contribution in [0.1, 0.15) is 24.1 Å². The van der Waals surface area contributed by atoms with Gasteiger partial charge in [-0.3, -0.25) is 0 Å². The molecule has 0 bridgehead atoms. The van der Waals surface area contributed by atoms with E-state index < -0.39 is 0 Å². The highest BCUT2D eigenvalue weighted by molar-refractivity contribution is 5.21. The summed E-state index contributed by atoms with van der Waals surface area (Å²) >= 11 is 0. The predicted molar refractivity (Wildman–Crippen MR) is 85.6 cm³/mol. The van der Waals surface area contributed by atoms with E-state index in [4.69, 9.17) is 5.73 Å². The van der Waals surface area contributed by atoms with Gasteiger partial charge in [0.1, 0.15) is 5.82 Å². The highest BCUT2D eigenvalue weighted by Crippen LogP contribution is 2.18. The minimum Gasteiger partial charge on any atom is -0.323 e. The van der Waals surface area contributed by atoms with Crippen molar-refractivity contribution in [3.63, 3.8) is 0 Å². The maximum absolute atomic E-state index is 13.0. The second-order valence-electron chi connectivity index (χ2n) is 5.53. The zero-order valence-corrected chi connectivity index (χ0v) is 12.7. The topological polar surface area (TPSA) is 29.3 Å². The van der Waals surface area contributed by atoms with Crippen molar-refractivity contribution in [3.05, 3.63) is 71.5 Å². The van der Waals surface area contributed by atoms with Crippen molar-refractivity contribution in [2.75, 3.05) is 13.6 Å². The Balaban J connectivity index is 1.92. The fraction of sp³-hybridized carbons (Fsp3) is 0.333. The molecule has 0 saturated heterocycles. The molecule has 21 heavy (non-hydrogen) atoms. The average Bonchev–Trinajstić information content (AvgIpc) is 2.53. The molecule has 0 aliphatic heterocycles. The zero-order chi connectivity index (χ0) is 15.2. The lowest BCUT2D eigenvalue weighted by Gasteiger charge is -2.30. The second kappa shape index (κ2) is 7.34. The Morgan fingerprint density at radius 2 is 1.67 bits per heavy atom. The average molecular weight is 286 g/mol. The Morgan fingerprint density at radius 3 is 2.29 bits per heavy atom. The van der Waals surface area contributed by atoms with E-state index in [1.807, 2.05) is 6.07 Å². The van der Waals surface area contributed by atoms with Crippen LogP contribution in [0, 0.1) is 5.82 Å². The Hall–Kier alpha value is -1.71. The first kappa shape index (κ1) is 15.7. The van der Waals surface area contributed by atoms with Crippen LogP contribution in [-0.2, 0) is 6.42 Å². The summed E-state index contributed by atoms with van der Waals surface area (Å²) in [5, 5.41) is 0. The van der Waals surface area contributed by atoms with Gasteiger partial charge in [-0.1, -0.05) is 42.5 Å². The van der Waals surface area contributed by atoms with Crippen molar-refractivity contribution in [1.82, 2.24) is 4.90 Å². The van der Waals surface area contributed by atoms with Crippen molar-refractivity contribution in [3.8, 4) is 0 Å². The predicted octanol–water partition coefficient (Wildman–Crippen LogP) is 3.39. The maximum Gasteiger partial charge on any atom is 0.123 e. The molecule has 0 spiro atoms. The van der Waals surface area contributed by atoms with Gasteiger partial charge in [0.2, 0.25) is 0 Å². The Labute approximate surface area is 126 Å². The lowest BCUT2D eigenvalue weighted by Crippen LogP contribution is -2.39. The summed E-state index contributed by atoms with van der Waals surface area (Å²) in [7, 11) is 2.08. The molecular weight excluding hydrogens is 263 g/mol. The van der Waals surface area contributed by atoms with Gasteiger partial charge in [-0.15, -0.1) is 0 Å². The van der Waals surface area contributed by atoms with Gasteiger partial charge in [0.05, 0.1) is 0 Å². The Morgan fingerprint density at radius 1 is 1.05 bits per heavy atom. The molecule has 0 heterocycles. The van der Waals surface area contributed by atoms with Crippen molar-refractivity contribution in [1.29, 1.82) is 0 Å². The van der Waals surface area contributed by atoms with E-state index in [0.717, 1.165) is 18.5 Å². The number of benzene rings is 2. The highest BCUT2D eigenvalue weighted by atomic mass is 19.1. The lowest BCUT2D eigenvalue weighted by atomic mass is 10.00. The van der Waals surface area contributed by atoms with E-state index in [1.54, 1.807) is 12.1 Å². The van der Waals surface area contributed by atoms with Crippen LogP contribution in [0.5, 0.6) is 0 Å². The number of halogens is 1. The number of rotatable bonds is 6. The van der Waals surface area contributed by atoms with E-state index in [0.29, 0.717) is 0 Å². The normalized spacial score (nSPS) is 14.1. The summed E-state index contributed by atoms with van der Waals surface area (Å²) in [4.78, 5) is 2.25. The van der Waals surface area contributed by atoms with E-state index in [1.165, 1.54) is 17.7 Å². The van der Waals surface area contributed by atoms with Crippen LogP contribution in [0.15, 0.2) is 54.6 Å². The first-order valence-electron chi connectivity index (χ1n) is 7.33. The van der Waals surface area contributed by atoms with Crippen LogP contribution < -0.4 is 5.73 Å². The smallest absolute Gasteiger partial charge is 0.123 e. The zero-order valence-electron chi connectivity index (χ0n) is 12.7. The molecular formula is C18H23FN2. The van der Waals surface area contributed by atoms with E-state index in [-0.39, 0.29) is 17.9 Å². The first-order chi connectivity index (χ1) is 10.1. The van der Waals surface area contributed by atoms with Crippen LogP contribution in [0.25, 0.3) is 0 Å². The Kier molecular flexibility index (Phi) is 5.48. The molecule has 2 aromatic carbocycles. The molecule has 2 N–H and O–H groups in total. The summed E-state index contributed by atoms with van der Waals surface area (Å²) in [5.74, 6) is -0.226. The quantitative estimate of drug-likeness (QED) is 0.882. The van der Waals surface area contributed by atoms with Crippen LogP contribution >= 0.6 is 0 Å². The molecule has 2 aromatic rings. The largest absolute Gasteiger partial charge is 0.323 e. The fourth-order valence-electron chi connectivity index (χ4n) is 2.39. The van der Waals surface area contributed by atoms with Crippen molar-refractivity contribution in [2.24, 2.45) is 5.73 Å². The van der Waals surface area contributed by atoms with Crippen LogP contribution in [0.3, 0.4) is 0 Å². The van der Waals surface area contributed by atoms with Crippen molar-refractivity contribution >= 4 is 0 Å². The lowest BCUT2D eigenvalue weighted by molar-refractivity contribution is 0.229. The molecule has 0 saturated carbocycles. The monoisotopic (exact) mass is 286 g/mol. The number of nitrogens with zero attached hydrogens (tertiary/aromatic N) is 1. The van der Waals surface area contributed by atoms with Gasteiger partial charge < -0.3 is 10.6 Å². The van der Waals surface area contributed by atoms with Gasteiger partial charge in [-0.2, -0.15) is 0 Å². The van der Waals surface area contributed by atoms with Crippen LogP contribution in [-0.4, -0.2) is 24.5 Å². The Bertz CT molecular complexity index is 539. The molecule has 2 nitrogen and oxygen atoms in total. The molecule has 2 rings (SSSR count). The van der Waals surface area contributed by atoms with Gasteiger partial charge >= 0.3 is 0 Å². The van der Waals surface area contributed by atoms with Gasteiger partial charge in [-0.25, -0.2) is 4.39 Å². The fourth-order valence-corrected chi connectivity index (χ4v) is 2.39. The third-order valence-electron chi connectivity index (χ3n) is 4.07. The summed E-state index contributed by atoms with van der Waals surface area (Å²) < 4.78 is 13.0. The van der Waals surface area contributed by atoms with Gasteiger partial charge in [-0.05, 0) is 43.7 Å². The molecule has 0 amide bonds. The SMILES string of the molecule is CC(C(N)c1ccc(F)cc1)N(C)CCc1ccccc1. The van der Waals surface area contributed by atoms with E-state index in [9.17, 15) is 4.39 Å². The summed E-state index contributed by atoms with van der Waals surface area (Å²) in [6.45, 7) is 3.05. The maximum atomic E-state index is 13.0. The van der Waals surface area contributed by atoms with E-state index in [2.05, 4.69) is 43.1 Å². The van der Waals surface area contributed by atoms with Crippen molar-refractivity contribution in [2.45, 2.75) is 25.4 Å². The third-order valence-corrected chi connectivity index (χ3v) is 4.07. The molecule has 0 aliphatic carbocycles. The molecule has 0 aromatic heterocycles. The number of nitrogens with two attached hydrogens (primary N) is 1. The number of likely N-dealkylation sites (N-methyl/N-ethyl adjacent to an activating group) is 1. The van der Waals surface area contributed by atoms with E-state index >= 15 is 0 Å². The molecule has 2 unspecified atom stereocenters. The van der Waals surface area contributed by atoms with Crippen LogP contribution in [0.2, 0.25) is 0 Å². The minimum atomic E-state index is -0.226. The molecule has 0 fully saturated rings. The second-order valence-corrected chi connectivity index (χ2v) is 5.53. The minimum absolute atomic E-state index is 0.119. The number of hydrogen-bond donors (Lipinski definition) is 1. The van der Waals surface area contributed by atoms with Crippen molar-refractivity contribution < 1.29 is 4.39 Å². The van der Waals surface area contributed by atoms with Gasteiger partial charge in [0, 0.05) is 18.6 Å². The summed E-state index contributed by atoms with van der Waals surface area (Å²) in [6.07, 6.45) is 0.998. The van der Waals surface area contributed by atoms with Gasteiger partial charge in [0.15, 0.2) is 0 Å². The molecule has 2 atom stereocenters. The third kappa shape index (κ3) is 4.38. The van der Waals surface area contributed by atoms with Crippen LogP contribution in [0.4, 0.5) is 4.39 Å². The molecule has 0 aliphatic rings. The number of hydrogen-bond acceptors (Lipinski definition) is 2. The standard InChI is InChI=1S/C18H23FN2/c1-14(18(20)16-8-10-17(19)11-9-16)21(2)13-12-15-6-4-3-5-7-15/h3-11,14,18H,12-13,20H2,1-2H3. The first-order valence-corrected chi connectivity index (χ1v) is 7.33. The molecule has 0 radical (unpaired) electrons. The highest BCUT2D eigenvalue weighted by Gasteiger charge is 2.18. The summed E-state index contributed by atoms with van der Waals surface area (Å²) in [6, 6.07) is 17.0.